The van der Waals surface area contributed by atoms with Crippen molar-refractivity contribution in [2.75, 3.05) is 0 Å². The van der Waals surface area contributed by atoms with Crippen LogP contribution >= 0.6 is 0 Å². The summed E-state index contributed by atoms with van der Waals surface area (Å²) in [4.78, 5) is 11.3. The van der Waals surface area contributed by atoms with Crippen LogP contribution in [0.4, 0.5) is 0 Å². The molecule has 0 saturated carbocycles. The molecule has 0 radical (unpaired) electrons. The Balaban J connectivity index is 4.04. The van der Waals surface area contributed by atoms with E-state index in [0.29, 0.717) is 5.57 Å². The highest BCUT2D eigenvalue weighted by Gasteiger charge is 2.03. The summed E-state index contributed by atoms with van der Waals surface area (Å²) in [6.07, 6.45) is 7.23. The fourth-order valence-electron chi connectivity index (χ4n) is 0.713. The molecule has 0 rings (SSSR count). The van der Waals surface area contributed by atoms with Crippen LogP contribution in [0.2, 0.25) is 0 Å². The van der Waals surface area contributed by atoms with E-state index in [2.05, 4.69) is 11.9 Å². The fourth-order valence-corrected chi connectivity index (χ4v) is 0.713. The van der Waals surface area contributed by atoms with Crippen LogP contribution in [-0.4, -0.2) is 11.9 Å². The number of carbonyl (C=O) groups excluding carboxylic acids is 1. The van der Waals surface area contributed by atoms with Crippen LogP contribution in [0.1, 0.15) is 20.8 Å². The Morgan fingerprint density at radius 3 is 2.46 bits per heavy atom. The molecule has 0 aromatic carbocycles. The predicted octanol–water partition coefficient (Wildman–Crippen LogP) is 2.20. The summed E-state index contributed by atoms with van der Waals surface area (Å²) >= 11 is 0. The quantitative estimate of drug-likeness (QED) is 0.520. The minimum absolute atomic E-state index is 0.115. The number of allylic oxidation sites excluding steroid dienone is 3. The zero-order valence-corrected chi connectivity index (χ0v) is 8.50. The third-order valence-electron chi connectivity index (χ3n) is 1.31. The Morgan fingerprint density at radius 1 is 1.38 bits per heavy atom. The van der Waals surface area contributed by atoms with Crippen molar-refractivity contribution < 1.29 is 4.79 Å². The molecule has 72 valence electrons. The van der Waals surface area contributed by atoms with Crippen LogP contribution in [0.15, 0.2) is 36.5 Å². The number of amides is 1. The van der Waals surface area contributed by atoms with Crippen molar-refractivity contribution in [3.63, 3.8) is 0 Å². The van der Waals surface area contributed by atoms with Crippen molar-refractivity contribution in [3.8, 4) is 0 Å². The van der Waals surface area contributed by atoms with Gasteiger partial charge in [0.2, 0.25) is 0 Å². The van der Waals surface area contributed by atoms with Crippen LogP contribution in [0.25, 0.3) is 0 Å². The van der Waals surface area contributed by atoms with Gasteiger partial charge >= 0.3 is 0 Å². The Hall–Kier alpha value is -1.31. The van der Waals surface area contributed by atoms with Gasteiger partial charge in [-0.15, -0.1) is 0 Å². The van der Waals surface area contributed by atoms with E-state index in [1.165, 1.54) is 0 Å². The average Bonchev–Trinajstić information content (AvgIpc) is 2.03. The number of hydrogen-bond donors (Lipinski definition) is 1. The summed E-state index contributed by atoms with van der Waals surface area (Å²) in [5, 5.41) is 2.76. The number of rotatable bonds is 4. The van der Waals surface area contributed by atoms with E-state index in [9.17, 15) is 4.79 Å². The molecule has 2 nitrogen and oxygen atoms in total. The Morgan fingerprint density at radius 2 is 2.00 bits per heavy atom. The zero-order chi connectivity index (χ0) is 10.3. The maximum absolute atomic E-state index is 11.3. The molecule has 0 aliphatic carbocycles. The lowest BCUT2D eigenvalue weighted by atomic mass is 10.2. The molecule has 1 N–H and O–H groups in total. The van der Waals surface area contributed by atoms with Crippen molar-refractivity contribution in [2.45, 2.75) is 26.8 Å². The molecule has 1 amide bonds. The Bertz CT molecular complexity index is 236. The van der Waals surface area contributed by atoms with Crippen LogP contribution in [0, 0.1) is 0 Å². The van der Waals surface area contributed by atoms with E-state index in [0.717, 1.165) is 0 Å². The zero-order valence-electron chi connectivity index (χ0n) is 8.50. The maximum atomic E-state index is 11.3. The standard InChI is InChI=1S/C11H17NO/c1-5-6-7-8-10(4)11(13)12-9(2)3/h5-9H,4H2,1-3H3,(H,12,13)/b6-5-,8-7-. The minimum atomic E-state index is -0.115. The lowest BCUT2D eigenvalue weighted by Crippen LogP contribution is -2.30. The largest absolute Gasteiger partial charge is 0.350 e. The smallest absolute Gasteiger partial charge is 0.250 e. The van der Waals surface area contributed by atoms with Gasteiger partial charge in [-0.05, 0) is 20.8 Å². The molecule has 0 aliphatic rings. The molecule has 2 heteroatoms. The van der Waals surface area contributed by atoms with Gasteiger partial charge in [-0.2, -0.15) is 0 Å². The molecule has 0 aromatic heterocycles. The third-order valence-corrected chi connectivity index (χ3v) is 1.31. The van der Waals surface area contributed by atoms with Gasteiger partial charge in [-0.1, -0.05) is 30.9 Å². The van der Waals surface area contributed by atoms with E-state index >= 15 is 0 Å². The van der Waals surface area contributed by atoms with Crippen LogP contribution in [0.3, 0.4) is 0 Å². The monoisotopic (exact) mass is 179 g/mol. The highest BCUT2D eigenvalue weighted by molar-refractivity contribution is 5.95. The Kier molecular flexibility index (Phi) is 5.60. The average molecular weight is 179 g/mol. The molecular formula is C11H17NO. The van der Waals surface area contributed by atoms with Gasteiger partial charge in [0.15, 0.2) is 0 Å². The topological polar surface area (TPSA) is 29.1 Å². The highest BCUT2D eigenvalue weighted by Crippen LogP contribution is 1.94. The van der Waals surface area contributed by atoms with E-state index in [-0.39, 0.29) is 11.9 Å². The summed E-state index contributed by atoms with van der Waals surface area (Å²) < 4.78 is 0. The van der Waals surface area contributed by atoms with Gasteiger partial charge in [-0.25, -0.2) is 0 Å². The normalized spacial score (nSPS) is 11.4. The number of nitrogens with one attached hydrogen (secondary N) is 1. The first-order valence-corrected chi connectivity index (χ1v) is 4.37. The van der Waals surface area contributed by atoms with Gasteiger partial charge in [-0.3, -0.25) is 4.79 Å². The molecule has 0 atom stereocenters. The summed E-state index contributed by atoms with van der Waals surface area (Å²) in [7, 11) is 0. The van der Waals surface area contributed by atoms with Gasteiger partial charge in [0.05, 0.1) is 0 Å². The fraction of sp³-hybridized carbons (Fsp3) is 0.364. The molecule has 13 heavy (non-hydrogen) atoms. The molecular weight excluding hydrogens is 162 g/mol. The first-order valence-electron chi connectivity index (χ1n) is 4.37. The van der Waals surface area contributed by atoms with E-state index in [1.54, 1.807) is 12.2 Å². The highest BCUT2D eigenvalue weighted by atomic mass is 16.1. The van der Waals surface area contributed by atoms with Gasteiger partial charge in [0, 0.05) is 11.6 Å². The molecule has 0 bridgehead atoms. The van der Waals surface area contributed by atoms with E-state index < -0.39 is 0 Å². The van der Waals surface area contributed by atoms with Crippen LogP contribution in [-0.2, 0) is 4.79 Å². The first kappa shape index (κ1) is 11.7. The maximum Gasteiger partial charge on any atom is 0.250 e. The second-order valence-electron chi connectivity index (χ2n) is 3.04. The van der Waals surface area contributed by atoms with Crippen molar-refractivity contribution in [3.05, 3.63) is 36.5 Å². The SMILES string of the molecule is C=C(/C=C\C=C/C)C(=O)NC(C)C. The minimum Gasteiger partial charge on any atom is -0.350 e. The van der Waals surface area contributed by atoms with Gasteiger partial charge in [0.1, 0.15) is 0 Å². The second kappa shape index (κ2) is 6.23. The molecule has 0 fully saturated rings. The molecule has 0 saturated heterocycles. The number of hydrogen-bond acceptors (Lipinski definition) is 1. The van der Waals surface area contributed by atoms with Crippen LogP contribution in [0.5, 0.6) is 0 Å². The van der Waals surface area contributed by atoms with E-state index in [1.807, 2.05) is 32.9 Å². The summed E-state index contributed by atoms with van der Waals surface area (Å²) in [5.41, 5.74) is 0.479. The van der Waals surface area contributed by atoms with Crippen molar-refractivity contribution >= 4 is 5.91 Å². The summed E-state index contributed by atoms with van der Waals surface area (Å²) in [6.45, 7) is 9.40. The lowest BCUT2D eigenvalue weighted by Gasteiger charge is -2.07. The van der Waals surface area contributed by atoms with E-state index in [4.69, 9.17) is 0 Å². The molecule has 0 spiro atoms. The first-order chi connectivity index (χ1) is 6.07. The summed E-state index contributed by atoms with van der Waals surface area (Å²) in [5.74, 6) is -0.115. The molecule has 0 aliphatic heterocycles. The van der Waals surface area contributed by atoms with Crippen molar-refractivity contribution in [2.24, 2.45) is 0 Å². The second-order valence-corrected chi connectivity index (χ2v) is 3.04. The summed E-state index contributed by atoms with van der Waals surface area (Å²) in [6, 6.07) is 0.152. The van der Waals surface area contributed by atoms with Gasteiger partial charge in [0.25, 0.3) is 5.91 Å². The van der Waals surface area contributed by atoms with Gasteiger partial charge < -0.3 is 5.32 Å². The number of carbonyl (C=O) groups is 1. The Labute approximate surface area is 80.0 Å². The van der Waals surface area contributed by atoms with Crippen molar-refractivity contribution in [1.82, 2.24) is 5.32 Å². The van der Waals surface area contributed by atoms with Crippen molar-refractivity contribution in [1.29, 1.82) is 0 Å². The lowest BCUT2D eigenvalue weighted by molar-refractivity contribution is -0.117. The third kappa shape index (κ3) is 5.91. The predicted molar refractivity (Wildman–Crippen MR) is 56.4 cm³/mol. The van der Waals surface area contributed by atoms with Crippen LogP contribution < -0.4 is 5.32 Å². The molecule has 0 unspecified atom stereocenters. The molecule has 0 heterocycles. The molecule has 0 aromatic rings.